The predicted molar refractivity (Wildman–Crippen MR) is 83.5 cm³/mol. The molecular formula is C15H23N3O4S. The Balaban J connectivity index is 1.67. The van der Waals surface area contributed by atoms with Crippen LogP contribution in [0.3, 0.4) is 0 Å². The minimum atomic E-state index is -2.95. The van der Waals surface area contributed by atoms with Crippen molar-refractivity contribution >= 4 is 15.7 Å². The average Bonchev–Trinajstić information content (AvgIpc) is 3.16. The zero-order valence-corrected chi connectivity index (χ0v) is 14.4. The van der Waals surface area contributed by atoms with Gasteiger partial charge in [0.15, 0.2) is 15.7 Å². The Morgan fingerprint density at radius 1 is 1.39 bits per heavy atom. The second kappa shape index (κ2) is 6.22. The molecule has 1 aromatic heterocycles. The monoisotopic (exact) mass is 341 g/mol. The van der Waals surface area contributed by atoms with Gasteiger partial charge in [-0.05, 0) is 25.2 Å². The van der Waals surface area contributed by atoms with Gasteiger partial charge in [-0.1, -0.05) is 19.0 Å². The van der Waals surface area contributed by atoms with Crippen molar-refractivity contribution in [3.63, 3.8) is 0 Å². The summed E-state index contributed by atoms with van der Waals surface area (Å²) in [6.45, 7) is 4.64. The maximum atomic E-state index is 12.6. The quantitative estimate of drug-likeness (QED) is 0.827. The highest BCUT2D eigenvalue weighted by molar-refractivity contribution is 7.91. The van der Waals surface area contributed by atoms with E-state index in [1.807, 2.05) is 13.8 Å². The van der Waals surface area contributed by atoms with Crippen molar-refractivity contribution < 1.29 is 17.7 Å². The summed E-state index contributed by atoms with van der Waals surface area (Å²) in [6, 6.07) is -0.142. The molecule has 0 N–H and O–H groups in total. The van der Waals surface area contributed by atoms with Crippen LogP contribution in [0.15, 0.2) is 4.52 Å². The largest absolute Gasteiger partial charge is 0.339 e. The van der Waals surface area contributed by atoms with Gasteiger partial charge in [0.1, 0.15) is 0 Å². The van der Waals surface area contributed by atoms with Crippen LogP contribution in [0.4, 0.5) is 0 Å². The van der Waals surface area contributed by atoms with E-state index >= 15 is 0 Å². The number of hydrogen-bond donors (Lipinski definition) is 0. The number of carbonyl (C=O) groups is 1. The number of rotatable bonds is 4. The molecule has 23 heavy (non-hydrogen) atoms. The van der Waals surface area contributed by atoms with Crippen molar-refractivity contribution in [2.75, 3.05) is 18.1 Å². The molecule has 1 aromatic rings. The van der Waals surface area contributed by atoms with E-state index in [0.29, 0.717) is 31.1 Å². The highest BCUT2D eigenvalue weighted by atomic mass is 32.2. The molecule has 128 valence electrons. The molecule has 2 aliphatic heterocycles. The summed E-state index contributed by atoms with van der Waals surface area (Å²) in [6.07, 6.45) is 2.62. The van der Waals surface area contributed by atoms with Crippen LogP contribution in [0, 0.1) is 5.92 Å². The Kier molecular flexibility index (Phi) is 4.44. The first-order chi connectivity index (χ1) is 10.9. The maximum absolute atomic E-state index is 12.6. The van der Waals surface area contributed by atoms with E-state index in [0.717, 1.165) is 12.8 Å². The van der Waals surface area contributed by atoms with E-state index < -0.39 is 9.84 Å². The lowest BCUT2D eigenvalue weighted by Gasteiger charge is -2.23. The zero-order valence-electron chi connectivity index (χ0n) is 13.6. The van der Waals surface area contributed by atoms with E-state index in [-0.39, 0.29) is 35.3 Å². The molecule has 3 rings (SSSR count). The minimum absolute atomic E-state index is 0.00509. The zero-order chi connectivity index (χ0) is 16.6. The first kappa shape index (κ1) is 16.4. The van der Waals surface area contributed by atoms with Gasteiger partial charge in [0.05, 0.1) is 17.5 Å². The van der Waals surface area contributed by atoms with Gasteiger partial charge in [-0.15, -0.1) is 0 Å². The molecule has 0 radical (unpaired) electrons. The number of hydrogen-bond acceptors (Lipinski definition) is 6. The van der Waals surface area contributed by atoms with Crippen LogP contribution >= 0.6 is 0 Å². The minimum Gasteiger partial charge on any atom is -0.339 e. The highest BCUT2D eigenvalue weighted by Gasteiger charge is 2.36. The third kappa shape index (κ3) is 3.57. The van der Waals surface area contributed by atoms with Crippen LogP contribution in [0.2, 0.25) is 0 Å². The van der Waals surface area contributed by atoms with Crippen LogP contribution in [-0.2, 0) is 14.6 Å². The fourth-order valence-corrected chi connectivity index (χ4v) is 5.21. The van der Waals surface area contributed by atoms with Gasteiger partial charge in [-0.2, -0.15) is 4.98 Å². The predicted octanol–water partition coefficient (Wildman–Crippen LogP) is 1.68. The van der Waals surface area contributed by atoms with Crippen molar-refractivity contribution in [3.05, 3.63) is 11.7 Å². The summed E-state index contributed by atoms with van der Waals surface area (Å²) in [5, 5.41) is 4.03. The second-order valence-corrected chi connectivity index (χ2v) is 9.09. The van der Waals surface area contributed by atoms with Crippen molar-refractivity contribution in [2.45, 2.75) is 51.5 Å². The number of carbonyl (C=O) groups excluding carboxylic acids is 1. The lowest BCUT2D eigenvalue weighted by molar-refractivity contribution is -0.133. The third-order valence-corrected chi connectivity index (χ3v) is 6.45. The van der Waals surface area contributed by atoms with Crippen LogP contribution in [0.5, 0.6) is 0 Å². The first-order valence-corrected chi connectivity index (χ1v) is 10.0. The van der Waals surface area contributed by atoms with Gasteiger partial charge in [0, 0.05) is 18.9 Å². The molecule has 2 atom stereocenters. The van der Waals surface area contributed by atoms with Crippen molar-refractivity contribution in [2.24, 2.45) is 5.92 Å². The fourth-order valence-electron chi connectivity index (χ4n) is 3.35. The molecule has 8 heteroatoms. The molecule has 0 unspecified atom stereocenters. The molecule has 0 saturated carbocycles. The van der Waals surface area contributed by atoms with Crippen LogP contribution in [-0.4, -0.2) is 47.4 Å². The van der Waals surface area contributed by atoms with E-state index in [2.05, 4.69) is 10.1 Å². The SMILES string of the molecule is CC(C)c1nc([C@H]2CCCN2C(=O)C[C@@H]2CCS(=O)(=O)C2)no1. The Bertz CT molecular complexity index is 683. The molecule has 0 aromatic carbocycles. The summed E-state index contributed by atoms with van der Waals surface area (Å²) in [5.74, 6) is 1.61. The van der Waals surface area contributed by atoms with Crippen molar-refractivity contribution in [1.82, 2.24) is 15.0 Å². The topological polar surface area (TPSA) is 93.4 Å². The van der Waals surface area contributed by atoms with E-state index in [9.17, 15) is 13.2 Å². The summed E-state index contributed by atoms with van der Waals surface area (Å²) in [5.41, 5.74) is 0. The lowest BCUT2D eigenvalue weighted by atomic mass is 10.0. The number of amides is 1. The van der Waals surface area contributed by atoms with E-state index in [4.69, 9.17) is 4.52 Å². The van der Waals surface area contributed by atoms with E-state index in [1.54, 1.807) is 4.90 Å². The average molecular weight is 341 g/mol. The molecule has 0 aliphatic carbocycles. The molecular weight excluding hydrogens is 318 g/mol. The normalized spacial score (nSPS) is 27.0. The molecule has 0 spiro atoms. The van der Waals surface area contributed by atoms with Gasteiger partial charge in [-0.3, -0.25) is 4.79 Å². The highest BCUT2D eigenvalue weighted by Crippen LogP contribution is 2.33. The molecule has 2 saturated heterocycles. The molecule has 2 aliphatic rings. The Hall–Kier alpha value is -1.44. The first-order valence-electron chi connectivity index (χ1n) is 8.19. The summed E-state index contributed by atoms with van der Waals surface area (Å²) in [7, 11) is -2.95. The maximum Gasteiger partial charge on any atom is 0.229 e. The number of sulfone groups is 1. The molecule has 0 bridgehead atoms. The number of aromatic nitrogens is 2. The Morgan fingerprint density at radius 2 is 2.17 bits per heavy atom. The molecule has 2 fully saturated rings. The lowest BCUT2D eigenvalue weighted by Crippen LogP contribution is -2.32. The molecule has 1 amide bonds. The van der Waals surface area contributed by atoms with E-state index in [1.165, 1.54) is 0 Å². The summed E-state index contributed by atoms with van der Waals surface area (Å²) in [4.78, 5) is 18.8. The van der Waals surface area contributed by atoms with Crippen LogP contribution in [0.1, 0.15) is 63.2 Å². The van der Waals surface area contributed by atoms with Crippen LogP contribution < -0.4 is 0 Å². The number of nitrogens with zero attached hydrogens (tertiary/aromatic N) is 3. The number of likely N-dealkylation sites (tertiary alicyclic amines) is 1. The van der Waals surface area contributed by atoms with Gasteiger partial charge in [0.25, 0.3) is 0 Å². The summed E-state index contributed by atoms with van der Waals surface area (Å²) < 4.78 is 28.3. The molecule has 7 nitrogen and oxygen atoms in total. The smallest absolute Gasteiger partial charge is 0.229 e. The van der Waals surface area contributed by atoms with Gasteiger partial charge >= 0.3 is 0 Å². The van der Waals surface area contributed by atoms with Crippen molar-refractivity contribution in [1.29, 1.82) is 0 Å². The fraction of sp³-hybridized carbons (Fsp3) is 0.800. The van der Waals surface area contributed by atoms with Crippen LogP contribution in [0.25, 0.3) is 0 Å². The van der Waals surface area contributed by atoms with Gasteiger partial charge in [-0.25, -0.2) is 8.42 Å². The Morgan fingerprint density at radius 3 is 2.78 bits per heavy atom. The standard InChI is InChI=1S/C15H23N3O4S/c1-10(2)15-16-14(17-22-15)12-4-3-6-18(12)13(19)8-11-5-7-23(20,21)9-11/h10-12H,3-9H2,1-2H3/t11-,12+/m0/s1. The second-order valence-electron chi connectivity index (χ2n) is 6.86. The summed E-state index contributed by atoms with van der Waals surface area (Å²) >= 11 is 0. The van der Waals surface area contributed by atoms with Gasteiger partial charge in [0.2, 0.25) is 11.8 Å². The third-order valence-electron chi connectivity index (χ3n) is 4.61. The van der Waals surface area contributed by atoms with Gasteiger partial charge < -0.3 is 9.42 Å². The molecule has 3 heterocycles. The van der Waals surface area contributed by atoms with Crippen molar-refractivity contribution in [3.8, 4) is 0 Å². The Labute approximate surface area is 136 Å².